The zero-order valence-electron chi connectivity index (χ0n) is 10.5. The highest BCUT2D eigenvalue weighted by atomic mass is 19.1. The molecule has 2 aromatic heterocycles. The van der Waals surface area contributed by atoms with Crippen molar-refractivity contribution in [3.63, 3.8) is 0 Å². The lowest BCUT2D eigenvalue weighted by Crippen LogP contribution is -2.19. The Morgan fingerprint density at radius 1 is 1.28 bits per heavy atom. The van der Waals surface area contributed by atoms with Gasteiger partial charge in [-0.1, -0.05) is 0 Å². The van der Waals surface area contributed by atoms with Crippen LogP contribution in [-0.4, -0.2) is 9.97 Å². The Kier molecular flexibility index (Phi) is 3.99. The topological polar surface area (TPSA) is 37.8 Å². The van der Waals surface area contributed by atoms with Crippen LogP contribution in [0.25, 0.3) is 0 Å². The van der Waals surface area contributed by atoms with Crippen molar-refractivity contribution in [1.29, 1.82) is 0 Å². The van der Waals surface area contributed by atoms with Gasteiger partial charge < -0.3 is 5.32 Å². The van der Waals surface area contributed by atoms with Crippen molar-refractivity contribution >= 4 is 0 Å². The number of hydrogen-bond donors (Lipinski definition) is 1. The summed E-state index contributed by atoms with van der Waals surface area (Å²) in [5.41, 5.74) is 3.20. The third kappa shape index (κ3) is 3.11. The second kappa shape index (κ2) is 5.69. The maximum Gasteiger partial charge on any atom is 0.141 e. The molecule has 2 aromatic rings. The average molecular weight is 245 g/mol. The molecule has 18 heavy (non-hydrogen) atoms. The van der Waals surface area contributed by atoms with Crippen LogP contribution >= 0.6 is 0 Å². The van der Waals surface area contributed by atoms with Gasteiger partial charge >= 0.3 is 0 Å². The monoisotopic (exact) mass is 245 g/mol. The molecule has 1 atom stereocenters. The summed E-state index contributed by atoms with van der Waals surface area (Å²) in [4.78, 5) is 8.12. The van der Waals surface area contributed by atoms with Gasteiger partial charge in [0, 0.05) is 25.0 Å². The third-order valence-corrected chi connectivity index (χ3v) is 2.93. The van der Waals surface area contributed by atoms with Gasteiger partial charge in [0.25, 0.3) is 0 Å². The fraction of sp³-hybridized carbons (Fsp3) is 0.286. The highest BCUT2D eigenvalue weighted by Gasteiger charge is 2.07. The van der Waals surface area contributed by atoms with Crippen molar-refractivity contribution in [2.45, 2.75) is 26.4 Å². The minimum atomic E-state index is -0.309. The maximum atomic E-state index is 12.8. The molecule has 3 nitrogen and oxygen atoms in total. The molecule has 0 saturated heterocycles. The largest absolute Gasteiger partial charge is 0.305 e. The summed E-state index contributed by atoms with van der Waals surface area (Å²) in [6.45, 7) is 4.79. The number of hydrogen-bond acceptors (Lipinski definition) is 3. The number of rotatable bonds is 4. The normalized spacial score (nSPS) is 12.4. The molecule has 0 saturated carbocycles. The maximum absolute atomic E-state index is 12.8. The zero-order valence-corrected chi connectivity index (χ0v) is 10.5. The molecule has 4 heteroatoms. The van der Waals surface area contributed by atoms with Gasteiger partial charge in [0.2, 0.25) is 0 Å². The zero-order chi connectivity index (χ0) is 13.0. The van der Waals surface area contributed by atoms with E-state index in [1.54, 1.807) is 12.3 Å². The van der Waals surface area contributed by atoms with Crippen LogP contribution < -0.4 is 5.32 Å². The molecule has 0 bridgehead atoms. The number of halogens is 1. The van der Waals surface area contributed by atoms with Crippen molar-refractivity contribution < 1.29 is 4.39 Å². The summed E-state index contributed by atoms with van der Waals surface area (Å²) < 4.78 is 12.8. The van der Waals surface area contributed by atoms with Crippen LogP contribution in [0.5, 0.6) is 0 Å². The van der Waals surface area contributed by atoms with Gasteiger partial charge in [-0.15, -0.1) is 0 Å². The predicted molar refractivity (Wildman–Crippen MR) is 68.4 cm³/mol. The number of aryl methyl sites for hydroxylation is 1. The summed E-state index contributed by atoms with van der Waals surface area (Å²) in [7, 11) is 0. The highest BCUT2D eigenvalue weighted by Crippen LogP contribution is 2.12. The first kappa shape index (κ1) is 12.6. The van der Waals surface area contributed by atoms with Crippen molar-refractivity contribution in [2.24, 2.45) is 0 Å². The molecule has 2 rings (SSSR count). The summed E-state index contributed by atoms with van der Waals surface area (Å²) in [5, 5.41) is 3.36. The molecule has 0 aromatic carbocycles. The molecule has 0 aliphatic heterocycles. The van der Waals surface area contributed by atoms with Gasteiger partial charge in [0.15, 0.2) is 0 Å². The first-order chi connectivity index (χ1) is 8.66. The van der Waals surface area contributed by atoms with Gasteiger partial charge in [0.05, 0.1) is 11.9 Å². The van der Waals surface area contributed by atoms with Crippen molar-refractivity contribution in [2.75, 3.05) is 0 Å². The van der Waals surface area contributed by atoms with E-state index in [1.807, 2.05) is 26.1 Å². The van der Waals surface area contributed by atoms with Gasteiger partial charge in [-0.25, -0.2) is 4.39 Å². The van der Waals surface area contributed by atoms with E-state index in [4.69, 9.17) is 0 Å². The van der Waals surface area contributed by atoms with Crippen LogP contribution in [0.3, 0.4) is 0 Å². The fourth-order valence-electron chi connectivity index (χ4n) is 1.71. The minimum absolute atomic E-state index is 0.0816. The van der Waals surface area contributed by atoms with Crippen LogP contribution in [0.4, 0.5) is 4.39 Å². The van der Waals surface area contributed by atoms with E-state index in [2.05, 4.69) is 15.3 Å². The Balaban J connectivity index is 1.98. The standard InChI is InChI=1S/C14H16FN3/c1-10-7-16-6-5-12(10)8-17-11(2)14-4-3-13(15)9-18-14/h3-7,9,11,17H,8H2,1-2H3. The molecule has 0 spiro atoms. The van der Waals surface area contributed by atoms with E-state index < -0.39 is 0 Å². The number of aromatic nitrogens is 2. The molecular weight excluding hydrogens is 229 g/mol. The highest BCUT2D eigenvalue weighted by molar-refractivity contribution is 5.21. The summed E-state index contributed by atoms with van der Waals surface area (Å²) in [6.07, 6.45) is 4.87. The van der Waals surface area contributed by atoms with E-state index in [1.165, 1.54) is 17.8 Å². The van der Waals surface area contributed by atoms with E-state index >= 15 is 0 Å². The summed E-state index contributed by atoms with van der Waals surface area (Å²) in [6, 6.07) is 5.20. The number of nitrogens with one attached hydrogen (secondary N) is 1. The molecule has 1 unspecified atom stereocenters. The van der Waals surface area contributed by atoms with Crippen LogP contribution in [0, 0.1) is 12.7 Å². The minimum Gasteiger partial charge on any atom is -0.305 e. The van der Waals surface area contributed by atoms with Crippen LogP contribution in [0.15, 0.2) is 36.8 Å². The molecular formula is C14H16FN3. The van der Waals surface area contributed by atoms with E-state index in [9.17, 15) is 4.39 Å². The SMILES string of the molecule is Cc1cnccc1CNC(C)c1ccc(F)cn1. The van der Waals surface area contributed by atoms with Crippen molar-refractivity contribution in [3.05, 3.63) is 59.4 Å². The second-order valence-electron chi connectivity index (χ2n) is 4.31. The third-order valence-electron chi connectivity index (χ3n) is 2.93. The fourth-order valence-corrected chi connectivity index (χ4v) is 1.71. The molecule has 0 amide bonds. The Morgan fingerprint density at radius 3 is 2.78 bits per heavy atom. The molecule has 0 fully saturated rings. The Morgan fingerprint density at radius 2 is 2.11 bits per heavy atom. The van der Waals surface area contributed by atoms with E-state index in [0.29, 0.717) is 0 Å². The molecule has 0 aliphatic carbocycles. The summed E-state index contributed by atoms with van der Waals surface area (Å²) in [5.74, 6) is -0.309. The van der Waals surface area contributed by atoms with Crippen LogP contribution in [0.1, 0.15) is 29.8 Å². The number of pyridine rings is 2. The van der Waals surface area contributed by atoms with Crippen LogP contribution in [-0.2, 0) is 6.54 Å². The second-order valence-corrected chi connectivity index (χ2v) is 4.31. The lowest BCUT2D eigenvalue weighted by molar-refractivity contribution is 0.553. The van der Waals surface area contributed by atoms with Gasteiger partial charge in [-0.2, -0.15) is 0 Å². The summed E-state index contributed by atoms with van der Waals surface area (Å²) >= 11 is 0. The smallest absolute Gasteiger partial charge is 0.141 e. The Hall–Kier alpha value is -1.81. The van der Waals surface area contributed by atoms with Gasteiger partial charge in [-0.3, -0.25) is 9.97 Å². The molecule has 2 heterocycles. The molecule has 94 valence electrons. The number of nitrogens with zero attached hydrogens (tertiary/aromatic N) is 2. The first-order valence-corrected chi connectivity index (χ1v) is 5.91. The van der Waals surface area contributed by atoms with Crippen molar-refractivity contribution in [1.82, 2.24) is 15.3 Å². The van der Waals surface area contributed by atoms with Crippen LogP contribution in [0.2, 0.25) is 0 Å². The lowest BCUT2D eigenvalue weighted by Gasteiger charge is -2.14. The van der Waals surface area contributed by atoms with E-state index in [-0.39, 0.29) is 11.9 Å². The Bertz CT molecular complexity index is 511. The van der Waals surface area contributed by atoms with Gasteiger partial charge in [-0.05, 0) is 43.2 Å². The van der Waals surface area contributed by atoms with E-state index in [0.717, 1.165) is 17.8 Å². The molecule has 1 N–H and O–H groups in total. The predicted octanol–water partition coefficient (Wildman–Crippen LogP) is 2.77. The first-order valence-electron chi connectivity index (χ1n) is 5.91. The molecule has 0 radical (unpaired) electrons. The lowest BCUT2D eigenvalue weighted by atomic mass is 10.1. The van der Waals surface area contributed by atoms with Gasteiger partial charge in [0.1, 0.15) is 5.82 Å². The Labute approximate surface area is 106 Å². The van der Waals surface area contributed by atoms with Crippen molar-refractivity contribution in [3.8, 4) is 0 Å². The average Bonchev–Trinajstić information content (AvgIpc) is 2.38. The molecule has 0 aliphatic rings. The quantitative estimate of drug-likeness (QED) is 0.900.